The van der Waals surface area contributed by atoms with Crippen molar-refractivity contribution in [2.24, 2.45) is 0 Å². The van der Waals surface area contributed by atoms with Crippen molar-refractivity contribution in [3.05, 3.63) is 35.9 Å². The van der Waals surface area contributed by atoms with Crippen molar-refractivity contribution in [1.82, 2.24) is 0 Å². The molecular formula is C14H18O4. The van der Waals surface area contributed by atoms with Crippen LogP contribution in [0.5, 0.6) is 5.75 Å². The standard InChI is InChI=1S/C14H18O4/c1-11(2)17-8-9-18-13-5-3-4-12(10-13)6-7-14(15)16/h3-7,10-11H,8-9H2,1-2H3,(H,15,16)/b7-6+. The van der Waals surface area contributed by atoms with E-state index in [0.717, 1.165) is 11.6 Å². The highest BCUT2D eigenvalue weighted by Gasteiger charge is 1.97. The first-order valence-electron chi connectivity index (χ1n) is 5.83. The molecule has 0 radical (unpaired) electrons. The van der Waals surface area contributed by atoms with E-state index in [-0.39, 0.29) is 6.10 Å². The van der Waals surface area contributed by atoms with E-state index in [1.54, 1.807) is 6.07 Å². The molecule has 0 spiro atoms. The van der Waals surface area contributed by atoms with E-state index in [0.29, 0.717) is 19.0 Å². The van der Waals surface area contributed by atoms with Gasteiger partial charge in [-0.15, -0.1) is 0 Å². The lowest BCUT2D eigenvalue weighted by molar-refractivity contribution is -0.131. The van der Waals surface area contributed by atoms with Crippen LogP contribution in [0.1, 0.15) is 19.4 Å². The van der Waals surface area contributed by atoms with Crippen LogP contribution in [-0.2, 0) is 9.53 Å². The quantitative estimate of drug-likeness (QED) is 0.597. The van der Waals surface area contributed by atoms with Crippen LogP contribution in [0.4, 0.5) is 0 Å². The topological polar surface area (TPSA) is 55.8 Å². The lowest BCUT2D eigenvalue weighted by Crippen LogP contribution is -2.11. The fourth-order valence-electron chi connectivity index (χ4n) is 1.32. The molecule has 0 unspecified atom stereocenters. The molecule has 4 heteroatoms. The summed E-state index contributed by atoms with van der Waals surface area (Å²) in [6, 6.07) is 7.25. The van der Waals surface area contributed by atoms with Crippen molar-refractivity contribution in [2.45, 2.75) is 20.0 Å². The third kappa shape index (κ3) is 6.06. The number of carboxylic acid groups (broad SMARTS) is 1. The average molecular weight is 250 g/mol. The molecule has 1 aromatic rings. The zero-order chi connectivity index (χ0) is 13.4. The molecule has 0 amide bonds. The Morgan fingerprint density at radius 3 is 2.83 bits per heavy atom. The van der Waals surface area contributed by atoms with Gasteiger partial charge < -0.3 is 14.6 Å². The van der Waals surface area contributed by atoms with Gasteiger partial charge in [-0.25, -0.2) is 4.79 Å². The van der Waals surface area contributed by atoms with Crippen LogP contribution in [0.3, 0.4) is 0 Å². The Morgan fingerprint density at radius 1 is 1.39 bits per heavy atom. The van der Waals surface area contributed by atoms with Gasteiger partial charge in [0, 0.05) is 6.08 Å². The van der Waals surface area contributed by atoms with E-state index in [1.807, 2.05) is 32.0 Å². The van der Waals surface area contributed by atoms with E-state index in [1.165, 1.54) is 6.08 Å². The number of aliphatic carboxylic acids is 1. The molecule has 0 fully saturated rings. The smallest absolute Gasteiger partial charge is 0.328 e. The normalized spacial score (nSPS) is 11.1. The van der Waals surface area contributed by atoms with Crippen molar-refractivity contribution >= 4 is 12.0 Å². The predicted molar refractivity (Wildman–Crippen MR) is 69.7 cm³/mol. The molecule has 0 heterocycles. The molecule has 0 saturated heterocycles. The minimum absolute atomic E-state index is 0.193. The van der Waals surface area contributed by atoms with Gasteiger partial charge in [-0.05, 0) is 37.6 Å². The zero-order valence-corrected chi connectivity index (χ0v) is 10.6. The fourth-order valence-corrected chi connectivity index (χ4v) is 1.32. The molecule has 1 N–H and O–H groups in total. The van der Waals surface area contributed by atoms with Gasteiger partial charge in [0.2, 0.25) is 0 Å². The first-order valence-corrected chi connectivity index (χ1v) is 5.83. The van der Waals surface area contributed by atoms with Gasteiger partial charge in [0.15, 0.2) is 0 Å². The molecule has 0 aliphatic heterocycles. The summed E-state index contributed by atoms with van der Waals surface area (Å²) in [4.78, 5) is 10.4. The molecule has 0 aliphatic rings. The van der Waals surface area contributed by atoms with Crippen molar-refractivity contribution in [3.8, 4) is 5.75 Å². The SMILES string of the molecule is CC(C)OCCOc1cccc(/C=C/C(=O)O)c1. The van der Waals surface area contributed by atoms with E-state index in [2.05, 4.69) is 0 Å². The minimum Gasteiger partial charge on any atom is -0.491 e. The molecule has 1 rings (SSSR count). The highest BCUT2D eigenvalue weighted by molar-refractivity contribution is 5.85. The Bertz CT molecular complexity index is 410. The number of hydrogen-bond donors (Lipinski definition) is 1. The van der Waals surface area contributed by atoms with Crippen LogP contribution < -0.4 is 4.74 Å². The summed E-state index contributed by atoms with van der Waals surface area (Å²) >= 11 is 0. The van der Waals surface area contributed by atoms with Gasteiger partial charge in [0.05, 0.1) is 12.7 Å². The van der Waals surface area contributed by atoms with Crippen LogP contribution in [0.15, 0.2) is 30.3 Å². The van der Waals surface area contributed by atoms with Crippen LogP contribution in [0, 0.1) is 0 Å². The number of benzene rings is 1. The maximum atomic E-state index is 10.4. The second-order valence-corrected chi connectivity index (χ2v) is 4.01. The molecule has 0 saturated carbocycles. The molecular weight excluding hydrogens is 232 g/mol. The molecule has 18 heavy (non-hydrogen) atoms. The predicted octanol–water partition coefficient (Wildman–Crippen LogP) is 2.59. The van der Waals surface area contributed by atoms with Crippen molar-refractivity contribution in [2.75, 3.05) is 13.2 Å². The molecule has 0 aliphatic carbocycles. The molecule has 0 aromatic heterocycles. The molecule has 1 aromatic carbocycles. The Balaban J connectivity index is 2.47. The average Bonchev–Trinajstić information content (AvgIpc) is 2.32. The molecule has 0 bridgehead atoms. The summed E-state index contributed by atoms with van der Waals surface area (Å²) in [5.41, 5.74) is 0.791. The van der Waals surface area contributed by atoms with Crippen LogP contribution in [0.25, 0.3) is 6.08 Å². The van der Waals surface area contributed by atoms with Crippen LogP contribution in [0.2, 0.25) is 0 Å². The van der Waals surface area contributed by atoms with E-state index in [9.17, 15) is 4.79 Å². The maximum Gasteiger partial charge on any atom is 0.328 e. The van der Waals surface area contributed by atoms with E-state index < -0.39 is 5.97 Å². The third-order valence-electron chi connectivity index (χ3n) is 2.08. The number of rotatable bonds is 7. The van der Waals surface area contributed by atoms with E-state index in [4.69, 9.17) is 14.6 Å². The van der Waals surface area contributed by atoms with E-state index >= 15 is 0 Å². The summed E-state index contributed by atoms with van der Waals surface area (Å²) in [6.07, 6.45) is 2.82. The molecule has 0 atom stereocenters. The zero-order valence-electron chi connectivity index (χ0n) is 10.6. The monoisotopic (exact) mass is 250 g/mol. The van der Waals surface area contributed by atoms with Gasteiger partial charge in [0.1, 0.15) is 12.4 Å². The van der Waals surface area contributed by atoms with Crippen LogP contribution in [-0.4, -0.2) is 30.4 Å². The lowest BCUT2D eigenvalue weighted by Gasteiger charge is -2.09. The Morgan fingerprint density at radius 2 is 2.17 bits per heavy atom. The van der Waals surface area contributed by atoms with Gasteiger partial charge in [-0.1, -0.05) is 12.1 Å². The van der Waals surface area contributed by atoms with Crippen LogP contribution >= 0.6 is 0 Å². The number of ether oxygens (including phenoxy) is 2. The van der Waals surface area contributed by atoms with Gasteiger partial charge in [-0.2, -0.15) is 0 Å². The van der Waals surface area contributed by atoms with Gasteiger partial charge >= 0.3 is 5.97 Å². The first-order chi connectivity index (χ1) is 8.58. The summed E-state index contributed by atoms with van der Waals surface area (Å²) in [5.74, 6) is -0.262. The highest BCUT2D eigenvalue weighted by Crippen LogP contribution is 2.14. The Labute approximate surface area is 107 Å². The second kappa shape index (κ2) is 7.50. The Kier molecular flexibility index (Phi) is 5.94. The maximum absolute atomic E-state index is 10.4. The largest absolute Gasteiger partial charge is 0.491 e. The van der Waals surface area contributed by atoms with Crippen molar-refractivity contribution in [1.29, 1.82) is 0 Å². The third-order valence-corrected chi connectivity index (χ3v) is 2.08. The number of carbonyl (C=O) groups is 1. The second-order valence-electron chi connectivity index (χ2n) is 4.01. The van der Waals surface area contributed by atoms with Gasteiger partial charge in [0.25, 0.3) is 0 Å². The summed E-state index contributed by atoms with van der Waals surface area (Å²) in [5, 5.41) is 8.53. The number of carboxylic acids is 1. The van der Waals surface area contributed by atoms with Crippen molar-refractivity contribution in [3.63, 3.8) is 0 Å². The first kappa shape index (κ1) is 14.3. The minimum atomic E-state index is -0.966. The Hall–Kier alpha value is -1.81. The molecule has 98 valence electrons. The van der Waals surface area contributed by atoms with Gasteiger partial charge in [-0.3, -0.25) is 0 Å². The lowest BCUT2D eigenvalue weighted by atomic mass is 10.2. The summed E-state index contributed by atoms with van der Waals surface area (Å²) in [6.45, 7) is 4.95. The summed E-state index contributed by atoms with van der Waals surface area (Å²) in [7, 11) is 0. The summed E-state index contributed by atoms with van der Waals surface area (Å²) < 4.78 is 10.9. The number of hydrogen-bond acceptors (Lipinski definition) is 3. The highest BCUT2D eigenvalue weighted by atomic mass is 16.5. The molecule has 4 nitrogen and oxygen atoms in total. The van der Waals surface area contributed by atoms with Crippen molar-refractivity contribution < 1.29 is 19.4 Å². The fraction of sp³-hybridized carbons (Fsp3) is 0.357.